The molecule has 1 aliphatic heterocycles. The number of carbonyl (C=O) groups is 1. The molecule has 0 bridgehead atoms. The molecule has 1 saturated heterocycles. The predicted octanol–water partition coefficient (Wildman–Crippen LogP) is 2.67. The van der Waals surface area contributed by atoms with Gasteiger partial charge < -0.3 is 10.0 Å². The highest BCUT2D eigenvalue weighted by molar-refractivity contribution is 5.89. The molecule has 0 amide bonds. The van der Waals surface area contributed by atoms with E-state index in [-0.39, 0.29) is 11.3 Å². The molecule has 1 aromatic rings. The van der Waals surface area contributed by atoms with Gasteiger partial charge in [-0.15, -0.1) is 0 Å². The van der Waals surface area contributed by atoms with E-state index in [1.165, 1.54) is 6.07 Å². The number of anilines is 1. The van der Waals surface area contributed by atoms with E-state index in [0.717, 1.165) is 31.9 Å². The third-order valence-corrected chi connectivity index (χ3v) is 3.58. The van der Waals surface area contributed by atoms with Crippen molar-refractivity contribution in [3.05, 3.63) is 33.9 Å². The molecule has 1 unspecified atom stereocenters. The van der Waals surface area contributed by atoms with E-state index in [4.69, 9.17) is 5.11 Å². The Labute approximate surface area is 110 Å². The van der Waals surface area contributed by atoms with Crippen LogP contribution >= 0.6 is 0 Å². The molecule has 0 spiro atoms. The Hall–Kier alpha value is -2.11. The third-order valence-electron chi connectivity index (χ3n) is 3.58. The normalized spacial score (nSPS) is 18.6. The fourth-order valence-electron chi connectivity index (χ4n) is 2.62. The van der Waals surface area contributed by atoms with Crippen LogP contribution in [0.15, 0.2) is 18.2 Å². The van der Waals surface area contributed by atoms with Gasteiger partial charge in [0, 0.05) is 18.7 Å². The van der Waals surface area contributed by atoms with Crippen LogP contribution in [0.4, 0.5) is 11.4 Å². The van der Waals surface area contributed by atoms with E-state index in [0.29, 0.717) is 11.7 Å². The number of nitrogens with zero attached hydrogens (tertiary/aromatic N) is 2. The number of carboxylic acid groups (broad SMARTS) is 1. The summed E-state index contributed by atoms with van der Waals surface area (Å²) in [7, 11) is 0. The van der Waals surface area contributed by atoms with E-state index < -0.39 is 10.9 Å². The van der Waals surface area contributed by atoms with Crippen LogP contribution in [-0.4, -0.2) is 28.6 Å². The predicted molar refractivity (Wildman–Crippen MR) is 70.7 cm³/mol. The standard InChI is InChI=1S/C13H16N2O4/c1-2-10-4-3-7-14(10)11-6-5-9(13(16)17)8-12(11)15(18)19/h5-6,8,10H,2-4,7H2,1H3,(H,16,17). The zero-order valence-electron chi connectivity index (χ0n) is 10.7. The van der Waals surface area contributed by atoms with Gasteiger partial charge in [0.2, 0.25) is 0 Å². The summed E-state index contributed by atoms with van der Waals surface area (Å²) in [6, 6.07) is 4.42. The summed E-state index contributed by atoms with van der Waals surface area (Å²) in [6.45, 7) is 2.84. The molecule has 0 aromatic heterocycles. The maximum absolute atomic E-state index is 11.1. The van der Waals surface area contributed by atoms with E-state index in [2.05, 4.69) is 6.92 Å². The van der Waals surface area contributed by atoms with Crippen LogP contribution in [0.1, 0.15) is 36.5 Å². The molecule has 102 valence electrons. The van der Waals surface area contributed by atoms with Gasteiger partial charge >= 0.3 is 5.97 Å². The minimum absolute atomic E-state index is 0.0531. The van der Waals surface area contributed by atoms with Crippen molar-refractivity contribution < 1.29 is 14.8 Å². The maximum atomic E-state index is 11.1. The molecule has 19 heavy (non-hydrogen) atoms. The summed E-state index contributed by atoms with van der Waals surface area (Å²) in [5, 5.41) is 20.0. The van der Waals surface area contributed by atoms with Crippen molar-refractivity contribution in [2.75, 3.05) is 11.4 Å². The second kappa shape index (κ2) is 5.26. The van der Waals surface area contributed by atoms with Gasteiger partial charge in [-0.25, -0.2) is 4.79 Å². The van der Waals surface area contributed by atoms with Crippen LogP contribution in [0.3, 0.4) is 0 Å². The molecular weight excluding hydrogens is 248 g/mol. The number of rotatable bonds is 4. The Balaban J connectivity index is 2.45. The minimum atomic E-state index is -1.15. The van der Waals surface area contributed by atoms with Gasteiger partial charge in [0.1, 0.15) is 5.69 Å². The van der Waals surface area contributed by atoms with E-state index in [1.807, 2.05) is 4.90 Å². The first-order valence-corrected chi connectivity index (χ1v) is 6.33. The minimum Gasteiger partial charge on any atom is -0.478 e. The van der Waals surface area contributed by atoms with Crippen molar-refractivity contribution in [1.82, 2.24) is 0 Å². The lowest BCUT2D eigenvalue weighted by Gasteiger charge is -2.25. The lowest BCUT2D eigenvalue weighted by atomic mass is 10.1. The zero-order valence-corrected chi connectivity index (χ0v) is 10.7. The molecule has 6 nitrogen and oxygen atoms in total. The second-order valence-corrected chi connectivity index (χ2v) is 4.66. The number of hydrogen-bond donors (Lipinski definition) is 1. The first kappa shape index (κ1) is 13.3. The van der Waals surface area contributed by atoms with Crippen LogP contribution in [0.25, 0.3) is 0 Å². The molecule has 1 atom stereocenters. The Morgan fingerprint density at radius 1 is 1.58 bits per heavy atom. The van der Waals surface area contributed by atoms with Crippen molar-refractivity contribution in [2.24, 2.45) is 0 Å². The summed E-state index contributed by atoms with van der Waals surface area (Å²) >= 11 is 0. The topological polar surface area (TPSA) is 83.7 Å². The summed E-state index contributed by atoms with van der Waals surface area (Å²) in [5.74, 6) is -1.15. The second-order valence-electron chi connectivity index (χ2n) is 4.66. The fraction of sp³-hybridized carbons (Fsp3) is 0.462. The number of carboxylic acids is 1. The molecule has 2 rings (SSSR count). The van der Waals surface area contributed by atoms with Crippen molar-refractivity contribution in [3.63, 3.8) is 0 Å². The Kier molecular flexibility index (Phi) is 3.69. The van der Waals surface area contributed by atoms with Gasteiger partial charge in [-0.1, -0.05) is 6.92 Å². The van der Waals surface area contributed by atoms with Gasteiger partial charge in [0.25, 0.3) is 5.69 Å². The molecule has 0 saturated carbocycles. The highest BCUT2D eigenvalue weighted by Gasteiger charge is 2.29. The van der Waals surface area contributed by atoms with Gasteiger partial charge in [0.05, 0.1) is 10.5 Å². The van der Waals surface area contributed by atoms with Crippen molar-refractivity contribution >= 4 is 17.3 Å². The first-order chi connectivity index (χ1) is 9.04. The summed E-state index contributed by atoms with van der Waals surface area (Å²) in [5.41, 5.74) is 0.349. The Morgan fingerprint density at radius 2 is 2.32 bits per heavy atom. The van der Waals surface area contributed by atoms with E-state index >= 15 is 0 Å². The Bertz CT molecular complexity index is 515. The quantitative estimate of drug-likeness (QED) is 0.667. The monoisotopic (exact) mass is 264 g/mol. The fourth-order valence-corrected chi connectivity index (χ4v) is 2.62. The zero-order chi connectivity index (χ0) is 14.0. The van der Waals surface area contributed by atoms with Gasteiger partial charge in [0.15, 0.2) is 0 Å². The first-order valence-electron chi connectivity index (χ1n) is 6.33. The van der Waals surface area contributed by atoms with E-state index in [9.17, 15) is 14.9 Å². The van der Waals surface area contributed by atoms with Crippen LogP contribution in [0, 0.1) is 10.1 Å². The lowest BCUT2D eigenvalue weighted by Crippen LogP contribution is -2.29. The van der Waals surface area contributed by atoms with Crippen LogP contribution in [0.2, 0.25) is 0 Å². The van der Waals surface area contributed by atoms with Crippen LogP contribution in [0.5, 0.6) is 0 Å². The molecular formula is C13H16N2O4. The number of aromatic carboxylic acids is 1. The molecule has 1 heterocycles. The lowest BCUT2D eigenvalue weighted by molar-refractivity contribution is -0.384. The SMILES string of the molecule is CCC1CCCN1c1ccc(C(=O)O)cc1[N+](=O)[O-]. The molecule has 0 radical (unpaired) electrons. The number of nitro benzene ring substituents is 1. The largest absolute Gasteiger partial charge is 0.478 e. The highest BCUT2D eigenvalue weighted by Crippen LogP contribution is 2.35. The van der Waals surface area contributed by atoms with E-state index in [1.54, 1.807) is 6.07 Å². The molecule has 6 heteroatoms. The smallest absolute Gasteiger partial charge is 0.335 e. The molecule has 1 aliphatic rings. The third kappa shape index (κ3) is 2.52. The van der Waals surface area contributed by atoms with Gasteiger partial charge in [-0.3, -0.25) is 10.1 Å². The number of benzene rings is 1. The van der Waals surface area contributed by atoms with Crippen molar-refractivity contribution in [1.29, 1.82) is 0 Å². The number of hydrogen-bond acceptors (Lipinski definition) is 4. The van der Waals surface area contributed by atoms with Crippen molar-refractivity contribution in [3.8, 4) is 0 Å². The molecule has 0 aliphatic carbocycles. The molecule has 1 fully saturated rings. The molecule has 1 N–H and O–H groups in total. The summed E-state index contributed by atoms with van der Waals surface area (Å²) < 4.78 is 0. The van der Waals surface area contributed by atoms with Gasteiger partial charge in [-0.05, 0) is 31.4 Å². The maximum Gasteiger partial charge on any atom is 0.335 e. The van der Waals surface area contributed by atoms with Crippen LogP contribution in [-0.2, 0) is 0 Å². The van der Waals surface area contributed by atoms with Crippen LogP contribution < -0.4 is 4.90 Å². The highest BCUT2D eigenvalue weighted by atomic mass is 16.6. The molecule has 1 aromatic carbocycles. The average molecular weight is 264 g/mol. The van der Waals surface area contributed by atoms with Gasteiger partial charge in [-0.2, -0.15) is 0 Å². The average Bonchev–Trinajstić information content (AvgIpc) is 2.85. The summed E-state index contributed by atoms with van der Waals surface area (Å²) in [6.07, 6.45) is 2.96. The summed E-state index contributed by atoms with van der Waals surface area (Å²) in [4.78, 5) is 23.5. The Morgan fingerprint density at radius 3 is 2.89 bits per heavy atom. The van der Waals surface area contributed by atoms with Crippen molar-refractivity contribution in [2.45, 2.75) is 32.2 Å². The number of nitro groups is 1.